The molecule has 27 heavy (non-hydrogen) atoms. The van der Waals surface area contributed by atoms with Crippen LogP contribution in [0.4, 0.5) is 11.5 Å². The Morgan fingerprint density at radius 3 is 2.48 bits per heavy atom. The molecule has 2 aromatic carbocycles. The molecule has 0 saturated heterocycles. The van der Waals surface area contributed by atoms with Crippen LogP contribution in [0.2, 0.25) is 0 Å². The van der Waals surface area contributed by atoms with Crippen molar-refractivity contribution in [2.45, 2.75) is 27.2 Å². The summed E-state index contributed by atoms with van der Waals surface area (Å²) in [5.74, 6) is 0.745. The van der Waals surface area contributed by atoms with Crippen LogP contribution in [-0.2, 0) is 6.42 Å². The van der Waals surface area contributed by atoms with Crippen molar-refractivity contribution in [2.75, 3.05) is 0 Å². The van der Waals surface area contributed by atoms with Gasteiger partial charge in [-0.1, -0.05) is 55.0 Å². The van der Waals surface area contributed by atoms with E-state index in [1.54, 1.807) is 0 Å². The summed E-state index contributed by atoms with van der Waals surface area (Å²) in [7, 11) is 0. The molecule has 0 amide bonds. The van der Waals surface area contributed by atoms with Gasteiger partial charge in [-0.3, -0.25) is 4.40 Å². The largest absolute Gasteiger partial charge is 0.283 e. The summed E-state index contributed by atoms with van der Waals surface area (Å²) in [6.07, 6.45) is 2.99. The molecule has 4 rings (SSSR count). The number of rotatable bonds is 4. The molecule has 0 unspecified atom stereocenters. The molecular weight excluding hydrogens is 332 g/mol. The molecule has 2 heterocycles. The topological polar surface area (TPSA) is 42.0 Å². The zero-order valence-corrected chi connectivity index (χ0v) is 15.8. The van der Waals surface area contributed by atoms with E-state index in [9.17, 15) is 0 Å². The van der Waals surface area contributed by atoms with Crippen LogP contribution in [0.25, 0.3) is 16.9 Å². The van der Waals surface area contributed by atoms with Gasteiger partial charge < -0.3 is 0 Å². The molecular formula is C23H22N4. The Hall–Kier alpha value is -3.27. The van der Waals surface area contributed by atoms with E-state index in [-0.39, 0.29) is 0 Å². The highest BCUT2D eigenvalue weighted by Crippen LogP contribution is 2.33. The molecule has 4 aromatic rings. The Morgan fingerprint density at radius 1 is 0.926 bits per heavy atom. The van der Waals surface area contributed by atoms with Gasteiger partial charge in [0.25, 0.3) is 0 Å². The van der Waals surface area contributed by atoms with Crippen LogP contribution in [0.3, 0.4) is 0 Å². The third-order valence-corrected chi connectivity index (χ3v) is 4.75. The van der Waals surface area contributed by atoms with Crippen LogP contribution >= 0.6 is 0 Å². The number of imidazole rings is 1. The first-order valence-corrected chi connectivity index (χ1v) is 9.21. The Morgan fingerprint density at radius 2 is 1.74 bits per heavy atom. The highest BCUT2D eigenvalue weighted by Gasteiger charge is 2.14. The number of aromatic nitrogens is 2. The summed E-state index contributed by atoms with van der Waals surface area (Å²) in [4.78, 5) is 4.80. The number of nitrogens with zero attached hydrogens (tertiary/aromatic N) is 4. The summed E-state index contributed by atoms with van der Waals surface area (Å²) in [6.45, 7) is 6.29. The van der Waals surface area contributed by atoms with Gasteiger partial charge in [-0.2, -0.15) is 0 Å². The second-order valence-corrected chi connectivity index (χ2v) is 6.75. The van der Waals surface area contributed by atoms with Gasteiger partial charge in [-0.15, -0.1) is 10.2 Å². The summed E-state index contributed by atoms with van der Waals surface area (Å²) in [5, 5.41) is 9.12. The second-order valence-electron chi connectivity index (χ2n) is 6.75. The quantitative estimate of drug-likeness (QED) is 0.381. The maximum atomic E-state index is 4.80. The lowest BCUT2D eigenvalue weighted by Gasteiger charge is -2.03. The molecule has 0 fully saturated rings. The summed E-state index contributed by atoms with van der Waals surface area (Å²) >= 11 is 0. The first-order valence-electron chi connectivity index (χ1n) is 9.21. The highest BCUT2D eigenvalue weighted by molar-refractivity contribution is 5.74. The van der Waals surface area contributed by atoms with Crippen LogP contribution in [-0.4, -0.2) is 9.38 Å². The van der Waals surface area contributed by atoms with Crippen molar-refractivity contribution in [3.8, 4) is 11.3 Å². The lowest BCUT2D eigenvalue weighted by molar-refractivity contribution is 1.10. The number of aryl methyl sites for hydroxylation is 3. The molecule has 2 aromatic heterocycles. The third kappa shape index (κ3) is 3.38. The van der Waals surface area contributed by atoms with E-state index in [1.165, 1.54) is 11.1 Å². The molecule has 0 aliphatic heterocycles. The fourth-order valence-corrected chi connectivity index (χ4v) is 3.19. The van der Waals surface area contributed by atoms with E-state index >= 15 is 0 Å². The Kier molecular flexibility index (Phi) is 4.55. The van der Waals surface area contributed by atoms with E-state index in [4.69, 9.17) is 4.98 Å². The van der Waals surface area contributed by atoms with E-state index in [1.807, 2.05) is 34.9 Å². The van der Waals surface area contributed by atoms with Crippen molar-refractivity contribution in [3.05, 3.63) is 83.6 Å². The van der Waals surface area contributed by atoms with Crippen molar-refractivity contribution in [1.29, 1.82) is 0 Å². The van der Waals surface area contributed by atoms with E-state index < -0.39 is 0 Å². The Labute approximate surface area is 159 Å². The summed E-state index contributed by atoms with van der Waals surface area (Å²) in [6, 6.07) is 20.6. The van der Waals surface area contributed by atoms with E-state index in [0.717, 1.165) is 40.4 Å². The van der Waals surface area contributed by atoms with Gasteiger partial charge in [0, 0.05) is 11.8 Å². The number of hydrogen-bond acceptors (Lipinski definition) is 3. The minimum absolute atomic E-state index is 0.745. The average Bonchev–Trinajstić information content (AvgIpc) is 3.06. The van der Waals surface area contributed by atoms with Crippen molar-refractivity contribution < 1.29 is 0 Å². The number of pyridine rings is 1. The molecule has 0 N–H and O–H groups in total. The average molecular weight is 354 g/mol. The number of fused-ring (bicyclic) bond motifs is 1. The monoisotopic (exact) mass is 354 g/mol. The van der Waals surface area contributed by atoms with E-state index in [2.05, 4.69) is 67.4 Å². The van der Waals surface area contributed by atoms with Crippen LogP contribution in [0, 0.1) is 13.8 Å². The lowest BCUT2D eigenvalue weighted by Crippen LogP contribution is -1.83. The standard InChI is InChI=1S/C23H22N4/c1-4-18-9-11-19(12-10-18)22-23(27-14-6-5-7-21(27)24-22)26-25-20-13-8-16(2)15-17(20)3/h5-15H,4H2,1-3H3. The molecule has 134 valence electrons. The Bertz CT molecular complexity index is 1120. The fraction of sp³-hybridized carbons (Fsp3) is 0.174. The van der Waals surface area contributed by atoms with Gasteiger partial charge in [0.05, 0.1) is 5.69 Å². The zero-order valence-electron chi connectivity index (χ0n) is 15.8. The highest BCUT2D eigenvalue weighted by atomic mass is 15.2. The number of hydrogen-bond donors (Lipinski definition) is 0. The van der Waals surface area contributed by atoms with Gasteiger partial charge in [-0.25, -0.2) is 4.98 Å². The van der Waals surface area contributed by atoms with Gasteiger partial charge in [0.1, 0.15) is 11.3 Å². The van der Waals surface area contributed by atoms with Crippen molar-refractivity contribution >= 4 is 17.2 Å². The summed E-state index contributed by atoms with van der Waals surface area (Å²) in [5.41, 5.74) is 7.27. The van der Waals surface area contributed by atoms with Crippen molar-refractivity contribution in [3.63, 3.8) is 0 Å². The molecule has 4 heteroatoms. The van der Waals surface area contributed by atoms with Gasteiger partial charge in [0.2, 0.25) is 0 Å². The summed E-state index contributed by atoms with van der Waals surface area (Å²) < 4.78 is 1.98. The third-order valence-electron chi connectivity index (χ3n) is 4.75. The SMILES string of the molecule is CCc1ccc(-c2nc3ccccn3c2N=Nc2ccc(C)cc2C)cc1. The van der Waals surface area contributed by atoms with Crippen molar-refractivity contribution in [2.24, 2.45) is 10.2 Å². The molecule has 0 radical (unpaired) electrons. The fourth-order valence-electron chi connectivity index (χ4n) is 3.19. The molecule has 0 aliphatic carbocycles. The molecule has 0 atom stereocenters. The minimum Gasteiger partial charge on any atom is -0.283 e. The number of benzene rings is 2. The molecule has 0 saturated carbocycles. The molecule has 0 spiro atoms. The predicted molar refractivity (Wildman–Crippen MR) is 110 cm³/mol. The van der Waals surface area contributed by atoms with Crippen LogP contribution in [0.5, 0.6) is 0 Å². The normalized spacial score (nSPS) is 11.5. The molecule has 0 aliphatic rings. The molecule has 4 nitrogen and oxygen atoms in total. The lowest BCUT2D eigenvalue weighted by atomic mass is 10.1. The number of azo groups is 1. The van der Waals surface area contributed by atoms with Gasteiger partial charge >= 0.3 is 0 Å². The van der Waals surface area contributed by atoms with Crippen LogP contribution in [0.15, 0.2) is 77.1 Å². The van der Waals surface area contributed by atoms with Crippen molar-refractivity contribution in [1.82, 2.24) is 9.38 Å². The zero-order chi connectivity index (χ0) is 18.8. The first kappa shape index (κ1) is 17.2. The minimum atomic E-state index is 0.745. The maximum Gasteiger partial charge on any atom is 0.187 e. The van der Waals surface area contributed by atoms with Crippen LogP contribution in [0.1, 0.15) is 23.6 Å². The van der Waals surface area contributed by atoms with Gasteiger partial charge in [-0.05, 0) is 49.6 Å². The Balaban J connectivity index is 1.83. The van der Waals surface area contributed by atoms with Gasteiger partial charge in [0.15, 0.2) is 5.82 Å². The predicted octanol–water partition coefficient (Wildman–Crippen LogP) is 6.60. The molecule has 0 bridgehead atoms. The van der Waals surface area contributed by atoms with Crippen LogP contribution < -0.4 is 0 Å². The first-order chi connectivity index (χ1) is 13.2. The second kappa shape index (κ2) is 7.16. The smallest absolute Gasteiger partial charge is 0.187 e. The maximum absolute atomic E-state index is 4.80. The van der Waals surface area contributed by atoms with E-state index in [0.29, 0.717) is 0 Å².